The first kappa shape index (κ1) is 22.3. The van der Waals surface area contributed by atoms with Crippen LogP contribution >= 0.6 is 15.9 Å². The van der Waals surface area contributed by atoms with Gasteiger partial charge in [0.2, 0.25) is 0 Å². The minimum Gasteiger partial charge on any atom is -0.465 e. The Bertz CT molecular complexity index is 1130. The number of halogens is 4. The molecule has 0 unspecified atom stereocenters. The summed E-state index contributed by atoms with van der Waals surface area (Å²) in [4.78, 5) is 25.1. The highest BCUT2D eigenvalue weighted by Gasteiger charge is 2.33. The van der Waals surface area contributed by atoms with Gasteiger partial charge in [0.05, 0.1) is 19.9 Å². The lowest BCUT2D eigenvalue weighted by Crippen LogP contribution is -2.17. The molecule has 11 heteroatoms. The number of ether oxygens (including phenoxy) is 3. The van der Waals surface area contributed by atoms with E-state index in [0.717, 1.165) is 26.4 Å². The molecule has 0 N–H and O–H groups in total. The van der Waals surface area contributed by atoms with E-state index in [-0.39, 0.29) is 27.0 Å². The highest BCUT2D eigenvalue weighted by molar-refractivity contribution is 9.10. The SMILES string of the molecule is COC(=O)c1c(-c2cc(Br)cc(OC(F)(F)F)c2)nn(-c2ccccc2)c1C(=O)OC. The highest BCUT2D eigenvalue weighted by atomic mass is 79.9. The van der Waals surface area contributed by atoms with E-state index >= 15 is 0 Å². The van der Waals surface area contributed by atoms with Gasteiger partial charge < -0.3 is 14.2 Å². The summed E-state index contributed by atoms with van der Waals surface area (Å²) in [6.07, 6.45) is -4.93. The summed E-state index contributed by atoms with van der Waals surface area (Å²) in [5, 5.41) is 4.32. The summed E-state index contributed by atoms with van der Waals surface area (Å²) >= 11 is 3.12. The van der Waals surface area contributed by atoms with Crippen LogP contribution in [-0.2, 0) is 9.47 Å². The second-order valence-corrected chi connectivity index (χ2v) is 6.94. The van der Waals surface area contributed by atoms with Crippen LogP contribution in [0, 0.1) is 0 Å². The van der Waals surface area contributed by atoms with Crippen molar-refractivity contribution in [3.05, 3.63) is 64.3 Å². The Hall–Kier alpha value is -3.34. The molecule has 2 aromatic carbocycles. The number of carbonyl (C=O) groups is 2. The minimum absolute atomic E-state index is 0.0776. The molecule has 0 aliphatic carbocycles. The average Bonchev–Trinajstić information content (AvgIpc) is 3.12. The number of nitrogens with zero attached hydrogens (tertiary/aromatic N) is 2. The van der Waals surface area contributed by atoms with Gasteiger partial charge in [0.25, 0.3) is 0 Å². The Morgan fingerprint density at radius 3 is 2.23 bits per heavy atom. The van der Waals surface area contributed by atoms with Crippen LogP contribution in [0.25, 0.3) is 16.9 Å². The Balaban J connectivity index is 2.31. The molecular weight excluding hydrogens is 485 g/mol. The fourth-order valence-corrected chi connectivity index (χ4v) is 3.32. The molecule has 162 valence electrons. The first-order chi connectivity index (χ1) is 14.6. The molecule has 0 spiro atoms. The highest BCUT2D eigenvalue weighted by Crippen LogP contribution is 2.35. The van der Waals surface area contributed by atoms with Gasteiger partial charge in [-0.2, -0.15) is 5.10 Å². The number of hydrogen-bond acceptors (Lipinski definition) is 6. The first-order valence-corrected chi connectivity index (χ1v) is 9.35. The van der Waals surface area contributed by atoms with E-state index < -0.39 is 24.1 Å². The van der Waals surface area contributed by atoms with Crippen molar-refractivity contribution in [1.29, 1.82) is 0 Å². The van der Waals surface area contributed by atoms with Gasteiger partial charge in [-0.15, -0.1) is 13.2 Å². The summed E-state index contributed by atoms with van der Waals surface area (Å²) in [6.45, 7) is 0. The summed E-state index contributed by atoms with van der Waals surface area (Å²) in [6, 6.07) is 11.9. The third kappa shape index (κ3) is 4.88. The van der Waals surface area contributed by atoms with Crippen LogP contribution in [0.15, 0.2) is 53.0 Å². The van der Waals surface area contributed by atoms with Gasteiger partial charge in [0.15, 0.2) is 5.69 Å². The third-order valence-corrected chi connectivity index (χ3v) is 4.49. The molecule has 1 heterocycles. The van der Waals surface area contributed by atoms with Crippen LogP contribution < -0.4 is 4.74 Å². The lowest BCUT2D eigenvalue weighted by molar-refractivity contribution is -0.274. The molecule has 0 aliphatic heterocycles. The number of alkyl halides is 3. The quantitative estimate of drug-likeness (QED) is 0.471. The summed E-state index contributed by atoms with van der Waals surface area (Å²) in [7, 11) is 2.23. The molecule has 0 amide bonds. The lowest BCUT2D eigenvalue weighted by Gasteiger charge is -2.11. The first-order valence-electron chi connectivity index (χ1n) is 8.56. The Morgan fingerprint density at radius 2 is 1.65 bits per heavy atom. The van der Waals surface area contributed by atoms with Crippen molar-refractivity contribution >= 4 is 27.9 Å². The number of benzene rings is 2. The second-order valence-electron chi connectivity index (χ2n) is 6.03. The minimum atomic E-state index is -4.93. The van der Waals surface area contributed by atoms with Gasteiger partial charge in [-0.25, -0.2) is 14.3 Å². The summed E-state index contributed by atoms with van der Waals surface area (Å²) in [5.41, 5.74) is -0.109. The molecule has 0 saturated carbocycles. The Labute approximate surface area is 182 Å². The van der Waals surface area contributed by atoms with E-state index in [9.17, 15) is 22.8 Å². The molecule has 0 bridgehead atoms. The van der Waals surface area contributed by atoms with E-state index in [0.29, 0.717) is 5.69 Å². The smallest absolute Gasteiger partial charge is 0.465 e. The van der Waals surface area contributed by atoms with Crippen LogP contribution in [0.1, 0.15) is 20.8 Å². The van der Waals surface area contributed by atoms with E-state index in [1.807, 2.05) is 0 Å². The molecule has 31 heavy (non-hydrogen) atoms. The van der Waals surface area contributed by atoms with Crippen LogP contribution in [0.2, 0.25) is 0 Å². The van der Waals surface area contributed by atoms with Crippen LogP contribution in [0.3, 0.4) is 0 Å². The van der Waals surface area contributed by atoms with E-state index in [4.69, 9.17) is 9.47 Å². The molecule has 7 nitrogen and oxygen atoms in total. The standard InChI is InChI=1S/C20H14BrF3N2O5/c1-29-18(27)15-16(11-8-12(21)10-14(9-11)31-20(22,23)24)25-26(17(15)19(28)30-2)13-6-4-3-5-7-13/h3-10H,1-2H3. The van der Waals surface area contributed by atoms with Gasteiger partial charge in [0, 0.05) is 10.0 Å². The van der Waals surface area contributed by atoms with Gasteiger partial charge in [-0.05, 0) is 30.3 Å². The molecule has 0 fully saturated rings. The van der Waals surface area contributed by atoms with Gasteiger partial charge in [-0.3, -0.25) is 0 Å². The Morgan fingerprint density at radius 1 is 1.00 bits per heavy atom. The maximum atomic E-state index is 12.7. The monoisotopic (exact) mass is 498 g/mol. The normalized spacial score (nSPS) is 11.2. The Kier molecular flexibility index (Phi) is 6.34. The van der Waals surface area contributed by atoms with Crippen molar-refractivity contribution in [2.24, 2.45) is 0 Å². The van der Waals surface area contributed by atoms with Crippen molar-refractivity contribution in [1.82, 2.24) is 9.78 Å². The number of esters is 2. The fraction of sp³-hybridized carbons (Fsp3) is 0.150. The van der Waals surface area contributed by atoms with E-state index in [1.54, 1.807) is 30.3 Å². The van der Waals surface area contributed by atoms with Crippen molar-refractivity contribution in [2.45, 2.75) is 6.36 Å². The zero-order valence-corrected chi connectivity index (χ0v) is 17.7. The number of aromatic nitrogens is 2. The van der Waals surface area contributed by atoms with Gasteiger partial charge in [-0.1, -0.05) is 34.1 Å². The summed E-state index contributed by atoms with van der Waals surface area (Å²) < 4.78 is 53.1. The van der Waals surface area contributed by atoms with Crippen molar-refractivity contribution in [2.75, 3.05) is 14.2 Å². The maximum absolute atomic E-state index is 12.7. The van der Waals surface area contributed by atoms with E-state index in [1.165, 1.54) is 10.7 Å². The predicted octanol–water partition coefficient (Wildman–Crippen LogP) is 4.77. The molecule has 0 aliphatic rings. The molecule has 0 radical (unpaired) electrons. The number of para-hydroxylation sites is 1. The van der Waals surface area contributed by atoms with Crippen LogP contribution in [-0.4, -0.2) is 42.3 Å². The largest absolute Gasteiger partial charge is 0.573 e. The number of methoxy groups -OCH3 is 2. The van der Waals surface area contributed by atoms with Gasteiger partial charge >= 0.3 is 18.3 Å². The van der Waals surface area contributed by atoms with Gasteiger partial charge in [0.1, 0.15) is 17.0 Å². The van der Waals surface area contributed by atoms with E-state index in [2.05, 4.69) is 25.8 Å². The fourth-order valence-electron chi connectivity index (χ4n) is 2.85. The van der Waals surface area contributed by atoms with Crippen molar-refractivity contribution in [3.8, 4) is 22.7 Å². The molecule has 3 aromatic rings. The molecule has 1 aromatic heterocycles. The number of hydrogen-bond donors (Lipinski definition) is 0. The predicted molar refractivity (Wildman–Crippen MR) is 106 cm³/mol. The van der Waals surface area contributed by atoms with Crippen LogP contribution in [0.5, 0.6) is 5.75 Å². The lowest BCUT2D eigenvalue weighted by atomic mass is 10.1. The van der Waals surface area contributed by atoms with Crippen LogP contribution in [0.4, 0.5) is 13.2 Å². The molecule has 0 atom stereocenters. The maximum Gasteiger partial charge on any atom is 0.573 e. The molecular formula is C20H14BrF3N2O5. The van der Waals surface area contributed by atoms with Crippen molar-refractivity contribution < 1.29 is 37.0 Å². The second kappa shape index (κ2) is 8.80. The molecule has 0 saturated heterocycles. The third-order valence-electron chi connectivity index (χ3n) is 4.03. The number of rotatable bonds is 5. The molecule has 3 rings (SSSR count). The summed E-state index contributed by atoms with van der Waals surface area (Å²) in [5.74, 6) is -2.35. The average molecular weight is 499 g/mol. The zero-order valence-electron chi connectivity index (χ0n) is 16.1. The van der Waals surface area contributed by atoms with Crippen molar-refractivity contribution in [3.63, 3.8) is 0 Å². The number of carbonyl (C=O) groups excluding carboxylic acids is 2. The zero-order chi connectivity index (χ0) is 22.8. The topological polar surface area (TPSA) is 79.7 Å².